The molecule has 2 unspecified atom stereocenters. The molecule has 0 heterocycles. The van der Waals surface area contributed by atoms with Crippen LogP contribution in [-0.4, -0.2) is 23.4 Å². The molecule has 0 aliphatic heterocycles. The molecular weight excluding hydrogens is 257 g/mol. The highest BCUT2D eigenvalue weighted by molar-refractivity contribution is 7.55. The van der Waals surface area contributed by atoms with Crippen LogP contribution in [0, 0.1) is 20.9 Å². The van der Waals surface area contributed by atoms with Crippen molar-refractivity contribution in [3.63, 3.8) is 0 Å². The average molecular weight is 275 g/mol. The van der Waals surface area contributed by atoms with E-state index >= 15 is 0 Å². The van der Waals surface area contributed by atoms with Crippen molar-refractivity contribution in [1.29, 1.82) is 0 Å². The molecule has 0 amide bonds. The summed E-state index contributed by atoms with van der Waals surface area (Å²) in [4.78, 5) is 11.1. The Bertz CT molecular complexity index is 452. The molecule has 3 fully saturated rings. The van der Waals surface area contributed by atoms with Gasteiger partial charge in [-0.05, 0) is 38.5 Å². The van der Waals surface area contributed by atoms with E-state index in [1.54, 1.807) is 13.8 Å². The first-order valence-corrected chi connectivity index (χ1v) is 8.02. The van der Waals surface area contributed by atoms with Gasteiger partial charge in [0.25, 0.3) is 0 Å². The molecule has 102 valence electrons. The third kappa shape index (κ3) is 1.15. The van der Waals surface area contributed by atoms with Gasteiger partial charge in [-0.25, -0.2) is 0 Å². The van der Waals surface area contributed by atoms with Crippen molar-refractivity contribution in [1.82, 2.24) is 0 Å². The summed E-state index contributed by atoms with van der Waals surface area (Å²) in [6.07, 6.45) is 3.25. The first kappa shape index (κ1) is 12.6. The van der Waals surface area contributed by atoms with Crippen molar-refractivity contribution in [2.75, 3.05) is 13.2 Å². The maximum atomic E-state index is 12.8. The largest absolute Gasteiger partial charge is 0.407 e. The lowest BCUT2D eigenvalue weighted by Crippen LogP contribution is -2.28. The lowest BCUT2D eigenvalue weighted by atomic mass is 10.3. The second-order valence-corrected chi connectivity index (χ2v) is 7.87. The summed E-state index contributed by atoms with van der Waals surface area (Å²) >= 11 is 0. The van der Waals surface area contributed by atoms with Gasteiger partial charge in [-0.15, -0.1) is 0 Å². The second-order valence-electron chi connectivity index (χ2n) is 5.62. The van der Waals surface area contributed by atoms with Gasteiger partial charge < -0.3 is 9.05 Å². The number of rotatable bonds is 6. The van der Waals surface area contributed by atoms with E-state index in [9.17, 15) is 14.7 Å². The molecule has 0 aromatic carbocycles. The minimum Gasteiger partial charge on any atom is -0.304 e. The number of nitrogens with zero attached hydrogens (tertiary/aromatic N) is 1. The Morgan fingerprint density at radius 3 is 2.11 bits per heavy atom. The summed E-state index contributed by atoms with van der Waals surface area (Å²) in [5, 5.41) is 10.1. The SMILES string of the molecule is CCOP(=O)(OCC)C1([N+](=O)[O-])CC12CC21CC1. The summed E-state index contributed by atoms with van der Waals surface area (Å²) in [5.74, 6) is 0. The molecule has 0 bridgehead atoms. The lowest BCUT2D eigenvalue weighted by Gasteiger charge is -2.21. The van der Waals surface area contributed by atoms with Gasteiger partial charge in [0.1, 0.15) is 0 Å². The first-order chi connectivity index (χ1) is 8.44. The number of fused-ring (bicyclic) bond motifs is 1. The maximum absolute atomic E-state index is 12.8. The Morgan fingerprint density at radius 2 is 1.78 bits per heavy atom. The molecular formula is C11H18NO5P. The van der Waals surface area contributed by atoms with Crippen LogP contribution in [0.5, 0.6) is 0 Å². The summed E-state index contributed by atoms with van der Waals surface area (Å²) in [6, 6.07) is 0. The topological polar surface area (TPSA) is 78.7 Å². The molecule has 3 rings (SSSR count). The van der Waals surface area contributed by atoms with Crippen LogP contribution in [0.3, 0.4) is 0 Å². The van der Waals surface area contributed by atoms with Crippen molar-refractivity contribution >= 4 is 7.60 Å². The third-order valence-corrected chi connectivity index (χ3v) is 7.78. The molecule has 2 atom stereocenters. The minimum absolute atomic E-state index is 0.101. The van der Waals surface area contributed by atoms with E-state index in [1.165, 1.54) is 0 Å². The molecule has 0 radical (unpaired) electrons. The van der Waals surface area contributed by atoms with Crippen LogP contribution in [0.15, 0.2) is 0 Å². The summed E-state index contributed by atoms with van der Waals surface area (Å²) in [7, 11) is -3.67. The highest BCUT2D eigenvalue weighted by Gasteiger charge is 3.03. The van der Waals surface area contributed by atoms with Gasteiger partial charge in [-0.3, -0.25) is 14.7 Å². The quantitative estimate of drug-likeness (QED) is 0.423. The van der Waals surface area contributed by atoms with Crippen LogP contribution < -0.4 is 0 Å². The molecule has 2 spiro atoms. The summed E-state index contributed by atoms with van der Waals surface area (Å²) < 4.78 is 23.3. The first-order valence-electron chi connectivity index (χ1n) is 6.47. The fourth-order valence-corrected chi connectivity index (χ4v) is 6.51. The fourth-order valence-electron chi connectivity index (χ4n) is 3.82. The molecule has 0 aromatic rings. The highest BCUT2D eigenvalue weighted by atomic mass is 31.2. The van der Waals surface area contributed by atoms with Gasteiger partial charge in [0.05, 0.1) is 18.6 Å². The van der Waals surface area contributed by atoms with Crippen molar-refractivity contribution in [3.8, 4) is 0 Å². The van der Waals surface area contributed by atoms with Gasteiger partial charge in [0, 0.05) is 11.3 Å². The summed E-state index contributed by atoms with van der Waals surface area (Å²) in [5.41, 5.74) is -0.284. The van der Waals surface area contributed by atoms with E-state index < -0.39 is 12.9 Å². The van der Waals surface area contributed by atoms with Crippen LogP contribution in [0.25, 0.3) is 0 Å². The minimum atomic E-state index is -3.67. The van der Waals surface area contributed by atoms with Crippen LogP contribution in [0.4, 0.5) is 0 Å². The van der Waals surface area contributed by atoms with Crippen LogP contribution in [0.1, 0.15) is 39.5 Å². The Kier molecular flexibility index (Phi) is 2.34. The monoisotopic (exact) mass is 275 g/mol. The van der Waals surface area contributed by atoms with E-state index in [4.69, 9.17) is 9.05 Å². The molecule has 0 saturated heterocycles. The van der Waals surface area contributed by atoms with E-state index in [1.807, 2.05) is 0 Å². The van der Waals surface area contributed by atoms with E-state index in [2.05, 4.69) is 0 Å². The van der Waals surface area contributed by atoms with Crippen LogP contribution in [0.2, 0.25) is 0 Å². The van der Waals surface area contributed by atoms with Gasteiger partial charge in [0.15, 0.2) is 0 Å². The predicted octanol–water partition coefficient (Wildman–Crippen LogP) is 2.80. The standard InChI is InChI=1S/C11H18NO5P/c1-3-16-18(15,17-4-2)11(12(13)14)8-10(11)7-9(10)5-6-9/h3-8H2,1-2H3. The molecule has 3 aliphatic carbocycles. The van der Waals surface area contributed by atoms with Gasteiger partial charge >= 0.3 is 12.9 Å². The van der Waals surface area contributed by atoms with E-state index in [0.717, 1.165) is 19.3 Å². The average Bonchev–Trinajstić information content (AvgIpc) is 3.18. The Morgan fingerprint density at radius 1 is 1.22 bits per heavy atom. The van der Waals surface area contributed by atoms with Crippen molar-refractivity contribution < 1.29 is 18.5 Å². The highest BCUT2D eigenvalue weighted by Crippen LogP contribution is 2.99. The lowest BCUT2D eigenvalue weighted by molar-refractivity contribution is -0.521. The van der Waals surface area contributed by atoms with E-state index in [-0.39, 0.29) is 29.0 Å². The molecule has 3 aliphatic rings. The number of hydrogen-bond donors (Lipinski definition) is 0. The number of hydrogen-bond acceptors (Lipinski definition) is 5. The second kappa shape index (κ2) is 3.35. The van der Waals surface area contributed by atoms with Gasteiger partial charge in [0.2, 0.25) is 0 Å². The fraction of sp³-hybridized carbons (Fsp3) is 1.00. The third-order valence-electron chi connectivity index (χ3n) is 4.93. The zero-order valence-corrected chi connectivity index (χ0v) is 11.6. The molecule has 7 heteroatoms. The smallest absolute Gasteiger partial charge is 0.304 e. The Hall–Kier alpha value is -0.450. The predicted molar refractivity (Wildman–Crippen MR) is 63.9 cm³/mol. The zero-order chi connectivity index (χ0) is 13.2. The van der Waals surface area contributed by atoms with Crippen LogP contribution >= 0.6 is 7.60 Å². The van der Waals surface area contributed by atoms with E-state index in [0.29, 0.717) is 6.42 Å². The van der Waals surface area contributed by atoms with Gasteiger partial charge in [-0.1, -0.05) is 0 Å². The van der Waals surface area contributed by atoms with Crippen molar-refractivity contribution in [3.05, 3.63) is 10.1 Å². The zero-order valence-electron chi connectivity index (χ0n) is 10.7. The Labute approximate surface area is 106 Å². The number of nitro groups is 1. The maximum Gasteiger partial charge on any atom is 0.407 e. The normalized spacial score (nSPS) is 39.0. The van der Waals surface area contributed by atoms with Gasteiger partial charge in [-0.2, -0.15) is 0 Å². The molecule has 3 saturated carbocycles. The van der Waals surface area contributed by atoms with Crippen molar-refractivity contribution in [2.24, 2.45) is 10.8 Å². The molecule has 6 nitrogen and oxygen atoms in total. The van der Waals surface area contributed by atoms with Crippen molar-refractivity contribution in [2.45, 2.75) is 44.8 Å². The molecule has 0 aromatic heterocycles. The molecule has 0 N–H and O–H groups in total. The summed E-state index contributed by atoms with van der Waals surface area (Å²) in [6.45, 7) is 3.73. The molecule has 18 heavy (non-hydrogen) atoms. The Balaban J connectivity index is 1.96. The van der Waals surface area contributed by atoms with Crippen LogP contribution in [-0.2, 0) is 13.6 Å².